The van der Waals surface area contributed by atoms with Crippen molar-refractivity contribution >= 4 is 15.9 Å². The second-order valence-corrected chi connectivity index (χ2v) is 7.65. The van der Waals surface area contributed by atoms with Crippen molar-refractivity contribution in [3.63, 3.8) is 0 Å². The summed E-state index contributed by atoms with van der Waals surface area (Å²) in [5, 5.41) is 28.9. The van der Waals surface area contributed by atoms with Crippen LogP contribution in [0.15, 0.2) is 40.6 Å². The summed E-state index contributed by atoms with van der Waals surface area (Å²) in [5.41, 5.74) is 0.540. The van der Waals surface area contributed by atoms with Crippen molar-refractivity contribution in [2.24, 2.45) is 0 Å². The Morgan fingerprint density at radius 2 is 1.71 bits per heavy atom. The lowest BCUT2D eigenvalue weighted by Gasteiger charge is -2.20. The number of nitrogens with zero attached hydrogens (tertiary/aromatic N) is 4. The Balaban J connectivity index is 2.18. The van der Waals surface area contributed by atoms with Gasteiger partial charge in [0.25, 0.3) is 5.91 Å². The van der Waals surface area contributed by atoms with E-state index in [1.807, 2.05) is 18.2 Å². The summed E-state index contributed by atoms with van der Waals surface area (Å²) in [7, 11) is -3.90. The summed E-state index contributed by atoms with van der Waals surface area (Å²) < 4.78 is 31.7. The van der Waals surface area contributed by atoms with Gasteiger partial charge in [0.15, 0.2) is 0 Å². The van der Waals surface area contributed by atoms with Crippen molar-refractivity contribution in [2.75, 3.05) is 19.7 Å². The van der Waals surface area contributed by atoms with E-state index >= 15 is 0 Å². The molecule has 2 rings (SSSR count). The van der Waals surface area contributed by atoms with Crippen molar-refractivity contribution in [3.05, 3.63) is 41.3 Å². The van der Waals surface area contributed by atoms with E-state index in [1.54, 1.807) is 0 Å². The van der Waals surface area contributed by atoms with E-state index in [0.717, 1.165) is 4.31 Å². The van der Waals surface area contributed by atoms with Crippen LogP contribution in [0, 0.1) is 34.0 Å². The molecule has 1 aliphatic heterocycles. The largest absolute Gasteiger partial charge is 0.478 e. The molecule has 0 aromatic heterocycles. The van der Waals surface area contributed by atoms with Crippen molar-refractivity contribution in [2.45, 2.75) is 24.2 Å². The molecule has 0 bridgehead atoms. The molecule has 1 amide bonds. The maximum Gasteiger partial charge on any atom is 0.257 e. The van der Waals surface area contributed by atoms with Gasteiger partial charge in [-0.05, 0) is 24.3 Å². The van der Waals surface area contributed by atoms with Crippen molar-refractivity contribution in [3.8, 4) is 18.2 Å². The number of sulfonamides is 1. The fourth-order valence-corrected chi connectivity index (χ4v) is 3.92. The molecule has 0 aliphatic carbocycles. The summed E-state index contributed by atoms with van der Waals surface area (Å²) in [6.07, 6.45) is 0.424. The van der Waals surface area contributed by atoms with Crippen LogP contribution in [-0.4, -0.2) is 38.3 Å². The molecule has 10 heteroatoms. The van der Waals surface area contributed by atoms with E-state index in [0.29, 0.717) is 18.6 Å². The molecule has 0 spiro atoms. The average Bonchev–Trinajstić information content (AvgIpc) is 3.15. The first kappa shape index (κ1) is 20.9. The normalized spacial score (nSPS) is 13.4. The lowest BCUT2D eigenvalue weighted by molar-refractivity contribution is 0.0930. The third-order valence-electron chi connectivity index (χ3n) is 3.93. The van der Waals surface area contributed by atoms with Gasteiger partial charge >= 0.3 is 0 Å². The number of amides is 1. The van der Waals surface area contributed by atoms with Gasteiger partial charge in [-0.1, -0.05) is 0 Å². The molecule has 1 heterocycles. The maximum atomic E-state index is 12.7. The number of rotatable bonds is 8. The first-order valence-electron chi connectivity index (χ1n) is 8.35. The predicted octanol–water partition coefficient (Wildman–Crippen LogP) is 1.39. The molecule has 0 atom stereocenters. The smallest absolute Gasteiger partial charge is 0.257 e. The molecule has 9 nitrogen and oxygen atoms in total. The van der Waals surface area contributed by atoms with Gasteiger partial charge in [-0.2, -0.15) is 20.1 Å². The second kappa shape index (κ2) is 9.52. The highest BCUT2D eigenvalue weighted by atomic mass is 32.2. The highest BCUT2D eigenvalue weighted by Gasteiger charge is 2.24. The quantitative estimate of drug-likeness (QED) is 0.694. The number of hydrogen-bond acceptors (Lipinski definition) is 7. The Kier molecular flexibility index (Phi) is 7.11. The summed E-state index contributed by atoms with van der Waals surface area (Å²) in [5.74, 6) is -0.414. The zero-order chi connectivity index (χ0) is 20.6. The summed E-state index contributed by atoms with van der Waals surface area (Å²) in [4.78, 5) is 12.2. The minimum Gasteiger partial charge on any atom is -0.478 e. The van der Waals surface area contributed by atoms with E-state index in [-0.39, 0.29) is 42.3 Å². The lowest BCUT2D eigenvalue weighted by Crippen LogP contribution is -2.33. The van der Waals surface area contributed by atoms with E-state index in [2.05, 4.69) is 5.32 Å². The molecule has 144 valence electrons. The number of hydrogen-bond donors (Lipinski definition) is 1. The number of benzene rings is 1. The van der Waals surface area contributed by atoms with Gasteiger partial charge in [0, 0.05) is 37.9 Å². The Morgan fingerprint density at radius 3 is 2.25 bits per heavy atom. The molecule has 0 radical (unpaired) electrons. The van der Waals surface area contributed by atoms with Crippen molar-refractivity contribution in [1.29, 1.82) is 15.8 Å². The van der Waals surface area contributed by atoms with E-state index < -0.39 is 15.9 Å². The van der Waals surface area contributed by atoms with Crippen LogP contribution in [0.4, 0.5) is 0 Å². The topological polar surface area (TPSA) is 147 Å². The highest BCUT2D eigenvalue weighted by Crippen LogP contribution is 2.19. The summed E-state index contributed by atoms with van der Waals surface area (Å²) in [6.45, 7) is 0.271. The predicted molar refractivity (Wildman–Crippen MR) is 96.3 cm³/mol. The lowest BCUT2D eigenvalue weighted by atomic mass is 10.2. The first-order valence-corrected chi connectivity index (χ1v) is 9.79. The van der Waals surface area contributed by atoms with Crippen LogP contribution in [0.1, 0.15) is 29.6 Å². The number of carbonyl (C=O) groups excluding carboxylic acids is 1. The van der Waals surface area contributed by atoms with Gasteiger partial charge in [0.1, 0.15) is 6.07 Å². The fourth-order valence-electron chi connectivity index (χ4n) is 2.48. The maximum absolute atomic E-state index is 12.7. The SMILES string of the molecule is N#CCCN(CCC#N)S(=O)(=O)c1ccc(C(=O)NC2=C(C#N)CCO2)cc1. The third kappa shape index (κ3) is 4.86. The molecule has 28 heavy (non-hydrogen) atoms. The van der Waals surface area contributed by atoms with Gasteiger partial charge < -0.3 is 4.74 Å². The number of carbonyl (C=O) groups is 1. The molecule has 1 aromatic carbocycles. The van der Waals surface area contributed by atoms with Gasteiger partial charge in [0.05, 0.1) is 29.2 Å². The van der Waals surface area contributed by atoms with Crippen LogP contribution >= 0.6 is 0 Å². The summed E-state index contributed by atoms with van der Waals surface area (Å²) in [6, 6.07) is 11.0. The number of nitrogens with one attached hydrogen (secondary N) is 1. The van der Waals surface area contributed by atoms with Crippen LogP contribution in [0.5, 0.6) is 0 Å². The highest BCUT2D eigenvalue weighted by molar-refractivity contribution is 7.89. The van der Waals surface area contributed by atoms with Gasteiger partial charge in [-0.3, -0.25) is 10.1 Å². The van der Waals surface area contributed by atoms with Gasteiger partial charge in [0.2, 0.25) is 15.9 Å². The molecule has 1 N–H and O–H groups in total. The molecular formula is C18H17N5O4S. The van der Waals surface area contributed by atoms with E-state index in [1.165, 1.54) is 24.3 Å². The molecule has 0 saturated carbocycles. The van der Waals surface area contributed by atoms with Crippen LogP contribution in [0.25, 0.3) is 0 Å². The zero-order valence-electron chi connectivity index (χ0n) is 14.9. The van der Waals surface area contributed by atoms with Crippen LogP contribution in [0.2, 0.25) is 0 Å². The van der Waals surface area contributed by atoms with Crippen LogP contribution < -0.4 is 5.32 Å². The Labute approximate surface area is 163 Å². The van der Waals surface area contributed by atoms with Gasteiger partial charge in [-0.15, -0.1) is 0 Å². The minimum atomic E-state index is -3.90. The third-order valence-corrected chi connectivity index (χ3v) is 5.85. The second-order valence-electron chi connectivity index (χ2n) is 5.72. The fraction of sp³-hybridized carbons (Fsp3) is 0.333. The number of nitriles is 3. The van der Waals surface area contributed by atoms with Crippen LogP contribution in [-0.2, 0) is 14.8 Å². The minimum absolute atomic E-state index is 0.00147. The zero-order valence-corrected chi connectivity index (χ0v) is 15.7. The molecule has 0 saturated heterocycles. The van der Waals surface area contributed by atoms with Crippen molar-refractivity contribution < 1.29 is 17.9 Å². The van der Waals surface area contributed by atoms with E-state index in [4.69, 9.17) is 20.5 Å². The Morgan fingerprint density at radius 1 is 1.11 bits per heavy atom. The standard InChI is InChI=1S/C18H17N5O4S/c19-8-1-10-23(11-2-9-20)28(25,26)16-5-3-14(4-6-16)17(24)22-18-15(13-21)7-12-27-18/h3-6H,1-2,7,10-12H2,(H,22,24). The van der Waals surface area contributed by atoms with E-state index in [9.17, 15) is 13.2 Å². The van der Waals surface area contributed by atoms with Crippen LogP contribution in [0.3, 0.4) is 0 Å². The molecule has 1 aliphatic rings. The monoisotopic (exact) mass is 399 g/mol. The molecule has 1 aromatic rings. The molecule has 0 fully saturated rings. The average molecular weight is 399 g/mol. The van der Waals surface area contributed by atoms with Gasteiger partial charge in [-0.25, -0.2) is 8.42 Å². The van der Waals surface area contributed by atoms with Crippen molar-refractivity contribution in [1.82, 2.24) is 9.62 Å². The first-order chi connectivity index (χ1) is 13.4. The molecule has 0 unspecified atom stereocenters. The molecular weight excluding hydrogens is 382 g/mol. The Hall–Kier alpha value is -3.39. The summed E-state index contributed by atoms with van der Waals surface area (Å²) >= 11 is 0. The Bertz CT molecular complexity index is 976. The number of ether oxygens (including phenoxy) is 1.